The van der Waals surface area contributed by atoms with Gasteiger partial charge >= 0.3 is 0 Å². The second kappa shape index (κ2) is 7.17. The molecular formula is C14H24N2O3S. The van der Waals surface area contributed by atoms with Crippen molar-refractivity contribution in [3.63, 3.8) is 0 Å². The predicted molar refractivity (Wildman–Crippen MR) is 80.0 cm³/mol. The molecule has 0 spiro atoms. The highest BCUT2D eigenvalue weighted by Crippen LogP contribution is 2.23. The highest BCUT2D eigenvalue weighted by Gasteiger charge is 2.28. The molecule has 114 valence electrons. The summed E-state index contributed by atoms with van der Waals surface area (Å²) in [5, 5.41) is 0. The first-order valence-electron chi connectivity index (χ1n) is 6.65. The third kappa shape index (κ3) is 3.79. The maximum absolute atomic E-state index is 12.8. The first-order chi connectivity index (χ1) is 9.34. The lowest BCUT2D eigenvalue weighted by Gasteiger charge is -2.26. The Balaban J connectivity index is 3.25. The van der Waals surface area contributed by atoms with E-state index in [1.54, 1.807) is 26.2 Å². The Bertz CT molecular complexity index is 541. The summed E-state index contributed by atoms with van der Waals surface area (Å²) in [6.07, 6.45) is 0. The molecule has 0 unspecified atom stereocenters. The van der Waals surface area contributed by atoms with Crippen molar-refractivity contribution in [2.45, 2.75) is 38.3 Å². The molecule has 0 aliphatic rings. The number of hydrogen-bond donors (Lipinski definition) is 1. The minimum Gasteiger partial charge on any atom is -0.383 e. The molecule has 1 rings (SSSR count). The van der Waals surface area contributed by atoms with Gasteiger partial charge in [-0.2, -0.15) is 4.31 Å². The Kier molecular flexibility index (Phi) is 6.13. The summed E-state index contributed by atoms with van der Waals surface area (Å²) in [4.78, 5) is 0.324. The molecule has 0 radical (unpaired) electrons. The van der Waals surface area contributed by atoms with Gasteiger partial charge in [0.05, 0.1) is 11.5 Å². The average molecular weight is 300 g/mol. The molecule has 2 N–H and O–H groups in total. The van der Waals surface area contributed by atoms with Crippen LogP contribution in [-0.2, 0) is 21.3 Å². The van der Waals surface area contributed by atoms with E-state index in [2.05, 4.69) is 0 Å². The fourth-order valence-corrected chi connectivity index (χ4v) is 3.91. The Morgan fingerprint density at radius 2 is 2.00 bits per heavy atom. The maximum atomic E-state index is 12.8. The van der Waals surface area contributed by atoms with Gasteiger partial charge in [0, 0.05) is 26.2 Å². The standard InChI is InChI=1S/C14H24N2O3S/c1-11(2)16(7-8-19-4)20(17,18)14-9-13(10-15)6-5-12(14)3/h5-6,9,11H,7-8,10,15H2,1-4H3. The molecule has 0 fully saturated rings. The van der Waals surface area contributed by atoms with E-state index in [-0.39, 0.29) is 6.04 Å². The van der Waals surface area contributed by atoms with Crippen LogP contribution in [0.3, 0.4) is 0 Å². The van der Waals surface area contributed by atoms with Gasteiger partial charge in [0.25, 0.3) is 0 Å². The number of sulfonamides is 1. The van der Waals surface area contributed by atoms with Crippen molar-refractivity contribution in [2.75, 3.05) is 20.3 Å². The maximum Gasteiger partial charge on any atom is 0.243 e. The zero-order valence-corrected chi connectivity index (χ0v) is 13.4. The fourth-order valence-electron chi connectivity index (χ4n) is 2.01. The Hall–Kier alpha value is -0.950. The lowest BCUT2D eigenvalue weighted by atomic mass is 10.1. The third-order valence-electron chi connectivity index (χ3n) is 3.17. The van der Waals surface area contributed by atoms with Crippen LogP contribution in [0.15, 0.2) is 23.1 Å². The number of methoxy groups -OCH3 is 1. The van der Waals surface area contributed by atoms with E-state index in [9.17, 15) is 8.42 Å². The zero-order valence-electron chi connectivity index (χ0n) is 12.6. The van der Waals surface area contributed by atoms with Crippen molar-refractivity contribution in [1.29, 1.82) is 0 Å². The molecule has 5 nitrogen and oxygen atoms in total. The van der Waals surface area contributed by atoms with Crippen LogP contribution < -0.4 is 5.73 Å². The van der Waals surface area contributed by atoms with Gasteiger partial charge in [-0.05, 0) is 38.0 Å². The van der Waals surface area contributed by atoms with Crippen LogP contribution in [0.5, 0.6) is 0 Å². The normalized spacial score (nSPS) is 12.3. The van der Waals surface area contributed by atoms with Gasteiger partial charge in [-0.1, -0.05) is 12.1 Å². The number of ether oxygens (including phenoxy) is 1. The van der Waals surface area contributed by atoms with Crippen LogP contribution in [0.4, 0.5) is 0 Å². The van der Waals surface area contributed by atoms with E-state index < -0.39 is 10.0 Å². The number of benzene rings is 1. The minimum atomic E-state index is -3.54. The highest BCUT2D eigenvalue weighted by atomic mass is 32.2. The van der Waals surface area contributed by atoms with Gasteiger partial charge in [0.2, 0.25) is 10.0 Å². The van der Waals surface area contributed by atoms with E-state index in [0.29, 0.717) is 24.6 Å². The quantitative estimate of drug-likeness (QED) is 0.828. The van der Waals surface area contributed by atoms with Crippen molar-refractivity contribution >= 4 is 10.0 Å². The summed E-state index contributed by atoms with van der Waals surface area (Å²) in [7, 11) is -1.98. The molecule has 0 aliphatic heterocycles. The van der Waals surface area contributed by atoms with Crippen molar-refractivity contribution in [3.05, 3.63) is 29.3 Å². The van der Waals surface area contributed by atoms with Crippen LogP contribution in [0.25, 0.3) is 0 Å². The summed E-state index contributed by atoms with van der Waals surface area (Å²) >= 11 is 0. The Labute approximate surface area is 121 Å². The van der Waals surface area contributed by atoms with Crippen LogP contribution in [0.2, 0.25) is 0 Å². The van der Waals surface area contributed by atoms with E-state index in [4.69, 9.17) is 10.5 Å². The third-order valence-corrected chi connectivity index (χ3v) is 5.38. The van der Waals surface area contributed by atoms with E-state index in [1.165, 1.54) is 4.31 Å². The van der Waals surface area contributed by atoms with Crippen molar-refractivity contribution < 1.29 is 13.2 Å². The van der Waals surface area contributed by atoms with Gasteiger partial charge in [-0.3, -0.25) is 0 Å². The Morgan fingerprint density at radius 3 is 2.50 bits per heavy atom. The van der Waals surface area contributed by atoms with Crippen LogP contribution in [0, 0.1) is 6.92 Å². The fraction of sp³-hybridized carbons (Fsp3) is 0.571. The molecule has 6 heteroatoms. The van der Waals surface area contributed by atoms with Crippen LogP contribution in [-0.4, -0.2) is 39.0 Å². The second-order valence-electron chi connectivity index (χ2n) is 5.01. The summed E-state index contributed by atoms with van der Waals surface area (Å²) in [5.41, 5.74) is 7.14. The number of aryl methyl sites for hydroxylation is 1. The van der Waals surface area contributed by atoms with Gasteiger partial charge in [0.15, 0.2) is 0 Å². The number of rotatable bonds is 7. The van der Waals surface area contributed by atoms with E-state index >= 15 is 0 Å². The molecule has 20 heavy (non-hydrogen) atoms. The molecule has 0 saturated carbocycles. The number of hydrogen-bond acceptors (Lipinski definition) is 4. The van der Waals surface area contributed by atoms with Crippen molar-refractivity contribution in [1.82, 2.24) is 4.31 Å². The van der Waals surface area contributed by atoms with Gasteiger partial charge < -0.3 is 10.5 Å². The molecule has 0 saturated heterocycles. The summed E-state index contributed by atoms with van der Waals surface area (Å²) < 4.78 is 32.1. The zero-order chi connectivity index (χ0) is 15.3. The van der Waals surface area contributed by atoms with Crippen LogP contribution >= 0.6 is 0 Å². The molecule has 0 amide bonds. The predicted octanol–water partition coefficient (Wildman–Crippen LogP) is 1.50. The minimum absolute atomic E-state index is 0.129. The van der Waals surface area contributed by atoms with Gasteiger partial charge in [-0.25, -0.2) is 8.42 Å². The Morgan fingerprint density at radius 1 is 1.35 bits per heavy atom. The van der Waals surface area contributed by atoms with Gasteiger partial charge in [-0.15, -0.1) is 0 Å². The smallest absolute Gasteiger partial charge is 0.243 e. The molecule has 0 bridgehead atoms. The first-order valence-corrected chi connectivity index (χ1v) is 8.09. The summed E-state index contributed by atoms with van der Waals surface area (Å²) in [6, 6.07) is 5.18. The second-order valence-corrected chi connectivity index (χ2v) is 6.87. The highest BCUT2D eigenvalue weighted by molar-refractivity contribution is 7.89. The monoisotopic (exact) mass is 300 g/mol. The molecule has 0 atom stereocenters. The first kappa shape index (κ1) is 17.1. The van der Waals surface area contributed by atoms with Crippen molar-refractivity contribution in [3.8, 4) is 0 Å². The van der Waals surface area contributed by atoms with E-state index in [1.807, 2.05) is 19.9 Å². The largest absolute Gasteiger partial charge is 0.383 e. The SMILES string of the molecule is COCCN(C(C)C)S(=O)(=O)c1cc(CN)ccc1C. The molecule has 0 heterocycles. The van der Waals surface area contributed by atoms with E-state index in [0.717, 1.165) is 11.1 Å². The molecule has 1 aromatic rings. The van der Waals surface area contributed by atoms with Crippen molar-refractivity contribution in [2.24, 2.45) is 5.73 Å². The number of nitrogens with zero attached hydrogens (tertiary/aromatic N) is 1. The lowest BCUT2D eigenvalue weighted by molar-refractivity contribution is 0.171. The molecule has 0 aromatic heterocycles. The summed E-state index contributed by atoms with van der Waals surface area (Å²) in [6.45, 7) is 6.53. The molecule has 1 aromatic carbocycles. The molecular weight excluding hydrogens is 276 g/mol. The van der Waals surface area contributed by atoms with Gasteiger partial charge in [0.1, 0.15) is 0 Å². The average Bonchev–Trinajstić information content (AvgIpc) is 2.38. The topological polar surface area (TPSA) is 72.6 Å². The molecule has 0 aliphatic carbocycles. The summed E-state index contributed by atoms with van der Waals surface area (Å²) in [5.74, 6) is 0. The van der Waals surface area contributed by atoms with Crippen LogP contribution in [0.1, 0.15) is 25.0 Å². The lowest BCUT2D eigenvalue weighted by Crippen LogP contribution is -2.39. The number of nitrogens with two attached hydrogens (primary N) is 1.